The monoisotopic (exact) mass is 734 g/mol. The molecule has 51 heavy (non-hydrogen) atoms. The van der Waals surface area contributed by atoms with Gasteiger partial charge in [-0.15, -0.1) is 0 Å². The van der Waals surface area contributed by atoms with Gasteiger partial charge in [-0.1, -0.05) is 20.8 Å². The van der Waals surface area contributed by atoms with E-state index >= 15 is 0 Å². The van der Waals surface area contributed by atoms with Crippen molar-refractivity contribution in [1.82, 2.24) is 9.80 Å². The molecule has 0 radical (unpaired) electrons. The van der Waals surface area contributed by atoms with Gasteiger partial charge in [0.05, 0.1) is 53.7 Å². The Morgan fingerprint density at radius 1 is 0.922 bits per heavy atom. The van der Waals surface area contributed by atoms with Crippen molar-refractivity contribution in [2.75, 3.05) is 55.1 Å². The third-order valence-electron chi connectivity index (χ3n) is 12.1. The van der Waals surface area contributed by atoms with E-state index in [0.29, 0.717) is 19.4 Å². The van der Waals surface area contributed by atoms with Gasteiger partial charge in [0.2, 0.25) is 0 Å². The summed E-state index contributed by atoms with van der Waals surface area (Å²) in [5, 5.41) is 34.2. The number of esters is 1. The van der Waals surface area contributed by atoms with Crippen LogP contribution in [0.25, 0.3) is 0 Å². The second kappa shape index (κ2) is 18.5. The van der Waals surface area contributed by atoms with Gasteiger partial charge in [0.1, 0.15) is 18.8 Å². The van der Waals surface area contributed by atoms with E-state index in [1.165, 1.54) is 7.11 Å². The zero-order valence-corrected chi connectivity index (χ0v) is 33.5. The number of aliphatic hydroxyl groups is 3. The highest BCUT2D eigenvalue weighted by Crippen LogP contribution is 2.41. The summed E-state index contributed by atoms with van der Waals surface area (Å²) in [6, 6.07) is -0.494. The highest BCUT2D eigenvalue weighted by Gasteiger charge is 2.52. The smallest absolute Gasteiger partial charge is 0.311 e. The number of carbonyl (C=O) groups excluding carboxylic acids is 1. The van der Waals surface area contributed by atoms with E-state index in [1.807, 2.05) is 65.6 Å². The second-order valence-corrected chi connectivity index (χ2v) is 16.4. The van der Waals surface area contributed by atoms with E-state index in [2.05, 4.69) is 0 Å². The Morgan fingerprint density at radius 3 is 2.12 bits per heavy atom. The lowest BCUT2D eigenvalue weighted by molar-refractivity contribution is -0.319. The molecule has 0 bridgehead atoms. The number of cyclic esters (lactones) is 1. The largest absolute Gasteiger partial charge is 0.464 e. The van der Waals surface area contributed by atoms with E-state index in [9.17, 15) is 20.1 Å². The van der Waals surface area contributed by atoms with E-state index in [0.717, 1.165) is 0 Å². The Balaban J connectivity index is 2.16. The highest BCUT2D eigenvalue weighted by atomic mass is 16.7. The lowest BCUT2D eigenvalue weighted by Gasteiger charge is -2.49. The van der Waals surface area contributed by atoms with E-state index < -0.39 is 78.2 Å². The van der Waals surface area contributed by atoms with Gasteiger partial charge in [0.15, 0.2) is 12.6 Å². The van der Waals surface area contributed by atoms with Crippen molar-refractivity contribution in [2.45, 2.75) is 153 Å². The number of nitrogens with two attached hydrogens (primary N) is 1. The van der Waals surface area contributed by atoms with Crippen molar-refractivity contribution < 1.29 is 53.3 Å². The molecular weight excluding hydrogens is 662 g/mol. The molecule has 3 rings (SSSR count). The van der Waals surface area contributed by atoms with Crippen LogP contribution in [0, 0.1) is 23.7 Å². The number of rotatable bonds is 8. The van der Waals surface area contributed by atoms with Gasteiger partial charge in [-0.2, -0.15) is 0 Å². The number of ether oxygens (including phenoxy) is 7. The minimum Gasteiger partial charge on any atom is -0.464 e. The minimum atomic E-state index is -1.06. The molecule has 0 unspecified atom stereocenters. The maximum absolute atomic E-state index is 14.0. The van der Waals surface area contributed by atoms with Crippen LogP contribution >= 0.6 is 0 Å². The molecule has 3 aliphatic heterocycles. The van der Waals surface area contributed by atoms with Crippen LogP contribution < -0.4 is 5.73 Å². The van der Waals surface area contributed by atoms with Crippen LogP contribution in [-0.2, 0) is 38.0 Å². The first kappa shape index (κ1) is 44.4. The van der Waals surface area contributed by atoms with Gasteiger partial charge < -0.3 is 59.1 Å². The first-order valence-electron chi connectivity index (χ1n) is 18.7. The molecule has 5 N–H and O–H groups in total. The van der Waals surface area contributed by atoms with Crippen molar-refractivity contribution in [1.29, 1.82) is 0 Å². The van der Waals surface area contributed by atoms with Crippen LogP contribution in [0.15, 0.2) is 0 Å². The van der Waals surface area contributed by atoms with Crippen molar-refractivity contribution in [3.8, 4) is 0 Å². The van der Waals surface area contributed by atoms with Crippen LogP contribution in [-0.4, -0.2) is 165 Å². The van der Waals surface area contributed by atoms with Crippen molar-refractivity contribution in [2.24, 2.45) is 29.4 Å². The molecule has 3 aliphatic rings. The predicted octanol–water partition coefficient (Wildman–Crippen LogP) is 1.60. The number of hydrogen-bond donors (Lipinski definition) is 4. The molecule has 0 amide bonds. The van der Waals surface area contributed by atoms with E-state index in [1.54, 1.807) is 27.9 Å². The number of nitrogens with zero attached hydrogens (tertiary/aromatic N) is 2. The summed E-state index contributed by atoms with van der Waals surface area (Å²) in [5.41, 5.74) is 4.12. The predicted molar refractivity (Wildman–Crippen MR) is 192 cm³/mol. The minimum absolute atomic E-state index is 0.0577. The Hall–Kier alpha value is -1.01. The maximum Gasteiger partial charge on any atom is 0.311 e. The molecule has 0 saturated carbocycles. The SMILES string of the molecule is CO[C@]1(C)C[C@H](O[C@H]2[C@H](C)[C@@H](O[C@@H]3O[C@H](C)C[C@H](N(C)C)[C@H]3O)[C@@](C)(OC)C[C@@H](C)[C@H](O)[C@H](C)CN(C)[C@@H](CN)COC(=O)[C@@H]2C)O[C@@H](C)[C@@H]1O. The average molecular weight is 734 g/mol. The fraction of sp³-hybridized carbons (Fsp3) is 0.973. The molecule has 0 aromatic rings. The van der Waals surface area contributed by atoms with Gasteiger partial charge in [-0.25, -0.2) is 0 Å². The lowest BCUT2D eigenvalue weighted by atomic mass is 9.75. The molecule has 17 atom stereocenters. The molecular formula is C37H71N3O11. The van der Waals surface area contributed by atoms with Crippen LogP contribution in [0.5, 0.6) is 0 Å². The molecule has 300 valence electrons. The van der Waals surface area contributed by atoms with Crippen molar-refractivity contribution in [3.05, 3.63) is 0 Å². The Bertz CT molecular complexity index is 1090. The van der Waals surface area contributed by atoms with Gasteiger partial charge in [0.25, 0.3) is 0 Å². The maximum atomic E-state index is 14.0. The Morgan fingerprint density at radius 2 is 1.55 bits per heavy atom. The number of carbonyl (C=O) groups is 1. The third kappa shape index (κ3) is 10.4. The second-order valence-electron chi connectivity index (χ2n) is 16.4. The van der Waals surface area contributed by atoms with E-state index in [4.69, 9.17) is 38.9 Å². The summed E-state index contributed by atoms with van der Waals surface area (Å²) >= 11 is 0. The van der Waals surface area contributed by atoms with Crippen molar-refractivity contribution >= 4 is 5.97 Å². The third-order valence-corrected chi connectivity index (χ3v) is 12.1. The van der Waals surface area contributed by atoms with Crippen LogP contribution in [0.2, 0.25) is 0 Å². The molecule has 0 aliphatic carbocycles. The number of methoxy groups -OCH3 is 2. The fourth-order valence-corrected chi connectivity index (χ4v) is 8.43. The summed E-state index contributed by atoms with van der Waals surface area (Å²) in [5.74, 6) is -2.30. The highest BCUT2D eigenvalue weighted by molar-refractivity contribution is 5.72. The number of hydrogen-bond acceptors (Lipinski definition) is 14. The fourth-order valence-electron chi connectivity index (χ4n) is 8.43. The number of likely N-dealkylation sites (N-methyl/N-ethyl adjacent to an activating group) is 2. The van der Waals surface area contributed by atoms with Crippen LogP contribution in [0.1, 0.15) is 74.7 Å². The normalized spacial score (nSPS) is 47.4. The Labute approximate surface area is 306 Å². The van der Waals surface area contributed by atoms with Gasteiger partial charge in [-0.3, -0.25) is 9.69 Å². The van der Waals surface area contributed by atoms with Crippen LogP contribution in [0.3, 0.4) is 0 Å². The first-order valence-corrected chi connectivity index (χ1v) is 18.7. The van der Waals surface area contributed by atoms with Gasteiger partial charge in [-0.05, 0) is 80.4 Å². The molecule has 0 spiro atoms. The molecule has 3 saturated heterocycles. The summed E-state index contributed by atoms with van der Waals surface area (Å²) < 4.78 is 44.2. The zero-order valence-electron chi connectivity index (χ0n) is 33.5. The summed E-state index contributed by atoms with van der Waals surface area (Å²) in [6.45, 7) is 15.9. The van der Waals surface area contributed by atoms with Crippen molar-refractivity contribution in [3.63, 3.8) is 0 Å². The molecule has 14 nitrogen and oxygen atoms in total. The molecule has 0 aromatic carbocycles. The first-order chi connectivity index (χ1) is 23.7. The summed E-state index contributed by atoms with van der Waals surface area (Å²) in [4.78, 5) is 18.0. The van der Waals surface area contributed by atoms with Gasteiger partial charge >= 0.3 is 5.97 Å². The summed E-state index contributed by atoms with van der Waals surface area (Å²) in [6.07, 6.45) is -5.81. The summed E-state index contributed by atoms with van der Waals surface area (Å²) in [7, 11) is 8.89. The topological polar surface area (TPSA) is 175 Å². The number of aliphatic hydroxyl groups excluding tert-OH is 3. The Kier molecular flexibility index (Phi) is 16.1. The van der Waals surface area contributed by atoms with Crippen LogP contribution in [0.4, 0.5) is 0 Å². The standard InChI is InChI=1S/C37H71N3O11/c1-20-15-37(8,46-13)33(51-35-30(42)27(39(9)10)14-22(3)48-35)23(4)31(50-28-16-36(7,45-12)32(43)25(6)49-28)24(5)34(44)47-19-26(17-38)40(11)18-21(2)29(20)41/h20-33,35,41-43H,14-19,38H2,1-13H3/t20-,21-,22-,23+,24-,25+,26+,27+,28+,29+,30-,31+,32+,33-,35+,36-,37+/m1/s1. The average Bonchev–Trinajstić information content (AvgIpc) is 3.08. The van der Waals surface area contributed by atoms with E-state index in [-0.39, 0.29) is 49.6 Å². The quantitative estimate of drug-likeness (QED) is 0.265. The molecule has 3 fully saturated rings. The molecule has 3 heterocycles. The lowest BCUT2D eigenvalue weighted by Crippen LogP contribution is -2.61. The van der Waals surface area contributed by atoms with Gasteiger partial charge in [0, 0.05) is 45.7 Å². The molecule has 14 heteroatoms. The zero-order chi connectivity index (χ0) is 38.6. The molecule has 0 aromatic heterocycles.